The van der Waals surface area contributed by atoms with Gasteiger partial charge in [-0.3, -0.25) is 0 Å². The van der Waals surface area contributed by atoms with E-state index in [0.29, 0.717) is 22.0 Å². The van der Waals surface area contributed by atoms with Crippen molar-refractivity contribution in [3.8, 4) is 5.75 Å². The summed E-state index contributed by atoms with van der Waals surface area (Å²) < 4.78 is 24.0. The van der Waals surface area contributed by atoms with Crippen LogP contribution in [-0.2, 0) is 6.61 Å². The van der Waals surface area contributed by atoms with Gasteiger partial charge >= 0.3 is 0 Å². The summed E-state index contributed by atoms with van der Waals surface area (Å²) in [7, 11) is 0. The lowest BCUT2D eigenvalue weighted by Crippen LogP contribution is -1.96. The maximum absolute atomic E-state index is 12.9. The van der Waals surface area contributed by atoms with Gasteiger partial charge in [0.1, 0.15) is 11.6 Å². The van der Waals surface area contributed by atoms with Crippen LogP contribution >= 0.6 is 15.9 Å². The first-order valence-electron chi connectivity index (χ1n) is 4.52. The molecular weight excluding hydrogens is 279 g/mol. The van der Waals surface area contributed by atoms with Gasteiger partial charge in [-0.2, -0.15) is 0 Å². The molecule has 0 saturated carbocycles. The van der Waals surface area contributed by atoms with Crippen LogP contribution in [0.25, 0.3) is 0 Å². The molecule has 0 unspecified atom stereocenters. The number of ether oxygens (including phenoxy) is 1. The molecule has 0 aliphatic heterocycles. The second-order valence-corrected chi connectivity index (χ2v) is 3.93. The van der Waals surface area contributed by atoms with Crippen LogP contribution in [0, 0.1) is 12.7 Å². The van der Waals surface area contributed by atoms with Crippen molar-refractivity contribution < 1.29 is 13.5 Å². The van der Waals surface area contributed by atoms with Gasteiger partial charge in [0.15, 0.2) is 6.61 Å². The minimum Gasteiger partial charge on any atom is -0.483 e. The summed E-state index contributed by atoms with van der Waals surface area (Å²) in [4.78, 5) is 0. The summed E-state index contributed by atoms with van der Waals surface area (Å²) in [6.45, 7) is 1.80. The largest absolute Gasteiger partial charge is 0.483 e. The molecular formula is C10H8BrFN2O2. The summed E-state index contributed by atoms with van der Waals surface area (Å²) in [5.74, 6) is 0.862. The topological polar surface area (TPSA) is 48.2 Å². The fourth-order valence-electron chi connectivity index (χ4n) is 1.12. The van der Waals surface area contributed by atoms with Gasteiger partial charge in [-0.05, 0) is 28.1 Å². The molecule has 16 heavy (non-hydrogen) atoms. The quantitative estimate of drug-likeness (QED) is 0.871. The summed E-state index contributed by atoms with van der Waals surface area (Å²) >= 11 is 3.25. The van der Waals surface area contributed by atoms with E-state index in [1.54, 1.807) is 13.0 Å². The average molecular weight is 287 g/mol. The highest BCUT2D eigenvalue weighted by Gasteiger charge is 2.06. The number of halogens is 2. The number of aryl methyl sites for hydroxylation is 1. The number of rotatable bonds is 3. The molecule has 1 heterocycles. The highest BCUT2D eigenvalue weighted by atomic mass is 79.9. The lowest BCUT2D eigenvalue weighted by atomic mass is 10.3. The Morgan fingerprint density at radius 3 is 2.94 bits per heavy atom. The predicted octanol–water partition coefficient (Wildman–Crippen LogP) is 2.86. The minimum atomic E-state index is -0.361. The van der Waals surface area contributed by atoms with E-state index >= 15 is 0 Å². The molecule has 2 aromatic rings. The Bertz CT molecular complexity index is 501. The maximum Gasteiger partial charge on any atom is 0.253 e. The number of aromatic nitrogens is 2. The van der Waals surface area contributed by atoms with E-state index in [4.69, 9.17) is 9.15 Å². The van der Waals surface area contributed by atoms with Gasteiger partial charge in [0.25, 0.3) is 5.89 Å². The Balaban J connectivity index is 2.07. The van der Waals surface area contributed by atoms with Gasteiger partial charge in [-0.15, -0.1) is 10.2 Å². The second-order valence-electron chi connectivity index (χ2n) is 3.08. The molecule has 0 aliphatic carbocycles. The van der Waals surface area contributed by atoms with E-state index in [1.807, 2.05) is 0 Å². The van der Waals surface area contributed by atoms with Crippen molar-refractivity contribution >= 4 is 15.9 Å². The van der Waals surface area contributed by atoms with Crippen LogP contribution < -0.4 is 4.74 Å². The molecule has 0 amide bonds. The van der Waals surface area contributed by atoms with Crippen molar-refractivity contribution in [2.24, 2.45) is 0 Å². The van der Waals surface area contributed by atoms with Gasteiger partial charge < -0.3 is 9.15 Å². The van der Waals surface area contributed by atoms with Gasteiger partial charge in [0.05, 0.1) is 4.47 Å². The van der Waals surface area contributed by atoms with Crippen LogP contribution in [0.5, 0.6) is 5.75 Å². The molecule has 6 heteroatoms. The number of nitrogens with zero attached hydrogens (tertiary/aromatic N) is 2. The number of hydrogen-bond donors (Lipinski definition) is 0. The van der Waals surface area contributed by atoms with Crippen LogP contribution in [0.3, 0.4) is 0 Å². The molecule has 0 fully saturated rings. The molecule has 84 valence electrons. The molecule has 0 atom stereocenters. The van der Waals surface area contributed by atoms with Crippen LogP contribution in [0.2, 0.25) is 0 Å². The molecule has 1 aromatic heterocycles. The second kappa shape index (κ2) is 4.61. The normalized spacial score (nSPS) is 10.4. The molecule has 0 spiro atoms. The Morgan fingerprint density at radius 2 is 2.25 bits per heavy atom. The van der Waals surface area contributed by atoms with Crippen LogP contribution in [0.1, 0.15) is 11.8 Å². The third-order valence-electron chi connectivity index (χ3n) is 1.81. The first-order valence-corrected chi connectivity index (χ1v) is 5.31. The van der Waals surface area contributed by atoms with E-state index < -0.39 is 0 Å². The van der Waals surface area contributed by atoms with E-state index in [1.165, 1.54) is 12.1 Å². The van der Waals surface area contributed by atoms with Crippen LogP contribution in [0.15, 0.2) is 27.1 Å². The predicted molar refractivity (Wildman–Crippen MR) is 57.5 cm³/mol. The first kappa shape index (κ1) is 11.1. The van der Waals surface area contributed by atoms with E-state index in [0.717, 1.165) is 0 Å². The molecule has 0 N–H and O–H groups in total. The third kappa shape index (κ3) is 2.57. The number of benzene rings is 1. The first-order chi connectivity index (χ1) is 7.65. The molecule has 0 aliphatic rings. The Hall–Kier alpha value is -1.43. The van der Waals surface area contributed by atoms with E-state index in [2.05, 4.69) is 26.1 Å². The maximum atomic E-state index is 12.9. The molecule has 1 aromatic carbocycles. The summed E-state index contributed by atoms with van der Waals surface area (Å²) in [5.41, 5.74) is 0. The molecule has 0 bridgehead atoms. The van der Waals surface area contributed by atoms with Crippen molar-refractivity contribution in [1.82, 2.24) is 10.2 Å². The van der Waals surface area contributed by atoms with Crippen molar-refractivity contribution in [2.45, 2.75) is 13.5 Å². The third-order valence-corrected chi connectivity index (χ3v) is 2.47. The lowest BCUT2D eigenvalue weighted by Gasteiger charge is -2.05. The molecule has 2 rings (SSSR count). The standard InChI is InChI=1S/C10H8BrFN2O2/c1-6-13-14-10(16-6)5-15-9-4-7(12)2-3-8(9)11/h2-4H,5H2,1H3. The highest BCUT2D eigenvalue weighted by molar-refractivity contribution is 9.10. The number of hydrogen-bond acceptors (Lipinski definition) is 4. The Kier molecular flexibility index (Phi) is 3.19. The highest BCUT2D eigenvalue weighted by Crippen LogP contribution is 2.26. The molecule has 0 radical (unpaired) electrons. The zero-order chi connectivity index (χ0) is 11.5. The van der Waals surface area contributed by atoms with E-state index in [-0.39, 0.29) is 12.4 Å². The van der Waals surface area contributed by atoms with Crippen molar-refractivity contribution in [3.05, 3.63) is 40.3 Å². The zero-order valence-electron chi connectivity index (χ0n) is 8.41. The average Bonchev–Trinajstić information content (AvgIpc) is 2.66. The van der Waals surface area contributed by atoms with Gasteiger partial charge in [0.2, 0.25) is 5.89 Å². The van der Waals surface area contributed by atoms with Gasteiger partial charge in [-0.25, -0.2) is 4.39 Å². The zero-order valence-corrected chi connectivity index (χ0v) is 9.99. The fraction of sp³-hybridized carbons (Fsp3) is 0.200. The lowest BCUT2D eigenvalue weighted by molar-refractivity contribution is 0.258. The molecule has 0 saturated heterocycles. The minimum absolute atomic E-state index is 0.114. The van der Waals surface area contributed by atoms with Crippen molar-refractivity contribution in [1.29, 1.82) is 0 Å². The molecule has 4 nitrogen and oxygen atoms in total. The smallest absolute Gasteiger partial charge is 0.253 e. The van der Waals surface area contributed by atoms with Gasteiger partial charge in [-0.1, -0.05) is 0 Å². The summed E-state index contributed by atoms with van der Waals surface area (Å²) in [5, 5.41) is 7.42. The SMILES string of the molecule is Cc1nnc(COc2cc(F)ccc2Br)o1. The van der Waals surface area contributed by atoms with Crippen molar-refractivity contribution in [3.63, 3.8) is 0 Å². The summed E-state index contributed by atoms with van der Waals surface area (Å²) in [6.07, 6.45) is 0. The Morgan fingerprint density at radius 1 is 1.44 bits per heavy atom. The van der Waals surface area contributed by atoms with Crippen LogP contribution in [0.4, 0.5) is 4.39 Å². The summed E-state index contributed by atoms with van der Waals surface area (Å²) in [6, 6.07) is 4.20. The fourth-order valence-corrected chi connectivity index (χ4v) is 1.48. The van der Waals surface area contributed by atoms with Crippen LogP contribution in [-0.4, -0.2) is 10.2 Å². The monoisotopic (exact) mass is 286 g/mol. The van der Waals surface area contributed by atoms with Gasteiger partial charge in [0, 0.05) is 13.0 Å². The Labute approximate surface area is 99.6 Å². The van der Waals surface area contributed by atoms with E-state index in [9.17, 15) is 4.39 Å². The van der Waals surface area contributed by atoms with Crippen molar-refractivity contribution in [2.75, 3.05) is 0 Å².